The van der Waals surface area contributed by atoms with Gasteiger partial charge in [-0.05, 0) is 50.9 Å². The number of halogens is 1. The van der Waals surface area contributed by atoms with Gasteiger partial charge in [-0.25, -0.2) is 4.98 Å². The first kappa shape index (κ1) is 20.2. The maximum Gasteiger partial charge on any atom is 0.226 e. The van der Waals surface area contributed by atoms with Crippen molar-refractivity contribution in [2.45, 2.75) is 46.0 Å². The zero-order chi connectivity index (χ0) is 16.7. The Balaban J connectivity index is 0.00000288. The van der Waals surface area contributed by atoms with E-state index in [1.54, 1.807) is 6.26 Å². The van der Waals surface area contributed by atoms with Crippen molar-refractivity contribution < 1.29 is 9.21 Å². The molecule has 1 heterocycles. The van der Waals surface area contributed by atoms with Crippen molar-refractivity contribution in [3.8, 4) is 11.5 Å². The van der Waals surface area contributed by atoms with Crippen LogP contribution in [0.1, 0.15) is 43.4 Å². The van der Waals surface area contributed by atoms with E-state index in [2.05, 4.69) is 10.3 Å². The Hall–Kier alpha value is -1.85. The van der Waals surface area contributed by atoms with Gasteiger partial charge in [0, 0.05) is 17.7 Å². The Morgan fingerprint density at radius 3 is 2.62 bits per heavy atom. The maximum absolute atomic E-state index is 12.1. The van der Waals surface area contributed by atoms with Gasteiger partial charge in [0.2, 0.25) is 11.8 Å². The minimum Gasteiger partial charge on any atom is -0.444 e. The largest absolute Gasteiger partial charge is 0.444 e. The second-order valence-electron chi connectivity index (χ2n) is 5.82. The van der Waals surface area contributed by atoms with E-state index in [1.807, 2.05) is 32.0 Å². The first-order valence-electron chi connectivity index (χ1n) is 8.13. The second kappa shape index (κ2) is 10.1. The van der Waals surface area contributed by atoms with Crippen LogP contribution in [0.5, 0.6) is 0 Å². The van der Waals surface area contributed by atoms with E-state index in [-0.39, 0.29) is 18.3 Å². The summed E-state index contributed by atoms with van der Waals surface area (Å²) in [5.74, 6) is 0.612. The third-order valence-electron chi connectivity index (χ3n) is 3.74. The number of amides is 1. The van der Waals surface area contributed by atoms with Crippen LogP contribution < -0.4 is 11.1 Å². The number of carbonyl (C=O) groups excluding carboxylic acids is 1. The maximum atomic E-state index is 12.1. The predicted molar refractivity (Wildman–Crippen MR) is 99.4 cm³/mol. The van der Waals surface area contributed by atoms with Gasteiger partial charge in [0.15, 0.2) is 0 Å². The van der Waals surface area contributed by atoms with Gasteiger partial charge in [-0.3, -0.25) is 4.79 Å². The Bertz CT molecular complexity index is 655. The molecule has 132 valence electrons. The van der Waals surface area contributed by atoms with Gasteiger partial charge in [-0.1, -0.05) is 18.9 Å². The molecule has 0 unspecified atom stereocenters. The molecule has 24 heavy (non-hydrogen) atoms. The minimum atomic E-state index is 0. The highest BCUT2D eigenvalue weighted by molar-refractivity contribution is 5.92. The van der Waals surface area contributed by atoms with Gasteiger partial charge in [0.1, 0.15) is 6.26 Å². The van der Waals surface area contributed by atoms with Crippen LogP contribution in [0.15, 0.2) is 28.9 Å². The smallest absolute Gasteiger partial charge is 0.226 e. The summed E-state index contributed by atoms with van der Waals surface area (Å²) in [5.41, 5.74) is 8.99. The van der Waals surface area contributed by atoms with Crippen molar-refractivity contribution in [1.29, 1.82) is 0 Å². The van der Waals surface area contributed by atoms with Crippen LogP contribution in [0.25, 0.3) is 11.5 Å². The molecule has 0 saturated heterocycles. The molecule has 0 aliphatic carbocycles. The molecule has 0 aliphatic rings. The molecule has 1 aromatic carbocycles. The monoisotopic (exact) mass is 351 g/mol. The first-order chi connectivity index (χ1) is 11.1. The van der Waals surface area contributed by atoms with Crippen LogP contribution in [0.3, 0.4) is 0 Å². The van der Waals surface area contributed by atoms with Crippen molar-refractivity contribution in [2.75, 3.05) is 11.9 Å². The third kappa shape index (κ3) is 5.98. The molecule has 2 aromatic rings. The number of carbonyl (C=O) groups is 1. The molecule has 0 fully saturated rings. The fourth-order valence-corrected chi connectivity index (χ4v) is 2.37. The highest BCUT2D eigenvalue weighted by atomic mass is 35.5. The zero-order valence-electron chi connectivity index (χ0n) is 14.3. The van der Waals surface area contributed by atoms with Crippen molar-refractivity contribution in [3.05, 3.63) is 35.7 Å². The lowest BCUT2D eigenvalue weighted by molar-refractivity contribution is -0.116. The Labute approximate surface area is 149 Å². The van der Waals surface area contributed by atoms with Gasteiger partial charge in [-0.15, -0.1) is 12.4 Å². The van der Waals surface area contributed by atoms with E-state index < -0.39 is 0 Å². The molecule has 0 spiro atoms. The number of aromatic nitrogens is 1. The lowest BCUT2D eigenvalue weighted by atomic mass is 10.1. The fraction of sp³-hybridized carbons (Fsp3) is 0.444. The molecule has 0 aliphatic heterocycles. The van der Waals surface area contributed by atoms with Crippen LogP contribution in [-0.4, -0.2) is 17.4 Å². The number of benzene rings is 1. The van der Waals surface area contributed by atoms with Crippen molar-refractivity contribution in [3.63, 3.8) is 0 Å². The summed E-state index contributed by atoms with van der Waals surface area (Å²) < 4.78 is 5.42. The normalized spacial score (nSPS) is 10.3. The SMILES string of the molecule is Cc1coc(-c2ccc(C)c(NC(=O)CCCCCCN)c2)n1.Cl. The lowest BCUT2D eigenvalue weighted by Gasteiger charge is -2.09. The number of hydrogen-bond acceptors (Lipinski definition) is 4. The number of nitrogens with zero attached hydrogens (tertiary/aromatic N) is 1. The Morgan fingerprint density at radius 2 is 1.96 bits per heavy atom. The summed E-state index contributed by atoms with van der Waals surface area (Å²) in [5, 5.41) is 2.98. The van der Waals surface area contributed by atoms with Crippen LogP contribution in [-0.2, 0) is 4.79 Å². The Morgan fingerprint density at radius 1 is 1.21 bits per heavy atom. The van der Waals surface area contributed by atoms with E-state index >= 15 is 0 Å². The van der Waals surface area contributed by atoms with E-state index in [4.69, 9.17) is 10.2 Å². The van der Waals surface area contributed by atoms with Crippen LogP contribution >= 0.6 is 12.4 Å². The third-order valence-corrected chi connectivity index (χ3v) is 3.74. The van der Waals surface area contributed by atoms with Crippen LogP contribution in [0, 0.1) is 13.8 Å². The van der Waals surface area contributed by atoms with Gasteiger partial charge in [0.05, 0.1) is 5.69 Å². The number of aryl methyl sites for hydroxylation is 2. The number of nitrogens with two attached hydrogens (primary N) is 1. The van der Waals surface area contributed by atoms with E-state index in [0.717, 1.165) is 54.7 Å². The summed E-state index contributed by atoms with van der Waals surface area (Å²) in [6.45, 7) is 4.58. The number of rotatable bonds is 8. The molecule has 0 atom stereocenters. The molecule has 3 N–H and O–H groups in total. The highest BCUT2D eigenvalue weighted by Crippen LogP contribution is 2.25. The van der Waals surface area contributed by atoms with E-state index in [9.17, 15) is 4.79 Å². The minimum absolute atomic E-state index is 0. The molecule has 0 bridgehead atoms. The summed E-state index contributed by atoms with van der Waals surface area (Å²) in [4.78, 5) is 16.4. The standard InChI is InChI=1S/C18H25N3O2.ClH/c1-13-8-9-15(18-20-14(2)12-23-18)11-16(13)21-17(22)7-5-3-4-6-10-19;/h8-9,11-12H,3-7,10,19H2,1-2H3,(H,21,22);1H. The van der Waals surface area contributed by atoms with Crippen LogP contribution in [0.2, 0.25) is 0 Å². The lowest BCUT2D eigenvalue weighted by Crippen LogP contribution is -2.12. The van der Waals surface area contributed by atoms with Crippen LogP contribution in [0.4, 0.5) is 5.69 Å². The summed E-state index contributed by atoms with van der Waals surface area (Å²) in [6, 6.07) is 5.82. The molecular formula is C18H26ClN3O2. The van der Waals surface area contributed by atoms with Gasteiger partial charge >= 0.3 is 0 Å². The molecule has 0 saturated carbocycles. The molecular weight excluding hydrogens is 326 g/mol. The van der Waals surface area contributed by atoms with Crippen molar-refractivity contribution >= 4 is 24.0 Å². The number of nitrogens with one attached hydrogen (secondary N) is 1. The average Bonchev–Trinajstić information content (AvgIpc) is 2.96. The number of oxazole rings is 1. The summed E-state index contributed by atoms with van der Waals surface area (Å²) in [6.07, 6.45) is 6.20. The van der Waals surface area contributed by atoms with E-state index in [1.165, 1.54) is 0 Å². The topological polar surface area (TPSA) is 81.2 Å². The van der Waals surface area contributed by atoms with Gasteiger partial charge in [-0.2, -0.15) is 0 Å². The Kier molecular flexibility index (Phi) is 8.50. The van der Waals surface area contributed by atoms with E-state index in [0.29, 0.717) is 12.3 Å². The highest BCUT2D eigenvalue weighted by Gasteiger charge is 2.09. The number of hydrogen-bond donors (Lipinski definition) is 2. The fourth-order valence-electron chi connectivity index (χ4n) is 2.37. The zero-order valence-corrected chi connectivity index (χ0v) is 15.1. The molecule has 0 radical (unpaired) electrons. The van der Waals surface area contributed by atoms with Gasteiger partial charge < -0.3 is 15.5 Å². The van der Waals surface area contributed by atoms with Crippen molar-refractivity contribution in [1.82, 2.24) is 4.98 Å². The molecule has 6 heteroatoms. The molecule has 2 rings (SSSR count). The first-order valence-corrected chi connectivity index (χ1v) is 8.13. The van der Waals surface area contributed by atoms with Crippen molar-refractivity contribution in [2.24, 2.45) is 5.73 Å². The predicted octanol–water partition coefficient (Wildman–Crippen LogP) is 4.23. The molecule has 1 amide bonds. The van der Waals surface area contributed by atoms with Gasteiger partial charge in [0.25, 0.3) is 0 Å². The summed E-state index contributed by atoms with van der Waals surface area (Å²) in [7, 11) is 0. The number of anilines is 1. The number of unbranched alkanes of at least 4 members (excludes halogenated alkanes) is 3. The quantitative estimate of drug-likeness (QED) is 0.697. The molecule has 5 nitrogen and oxygen atoms in total. The second-order valence-corrected chi connectivity index (χ2v) is 5.82. The summed E-state index contributed by atoms with van der Waals surface area (Å²) >= 11 is 0. The average molecular weight is 352 g/mol. The molecule has 1 aromatic heterocycles.